The largest absolute Gasteiger partial charge is 0.356 e. The van der Waals surface area contributed by atoms with Crippen LogP contribution in [0.1, 0.15) is 110 Å². The summed E-state index contributed by atoms with van der Waals surface area (Å²) < 4.78 is 1.04. The van der Waals surface area contributed by atoms with Crippen LogP contribution in [0.4, 0.5) is 0 Å². The van der Waals surface area contributed by atoms with Gasteiger partial charge in [0.1, 0.15) is 0 Å². The molecule has 0 aliphatic heterocycles. The zero-order valence-corrected chi connectivity index (χ0v) is 18.6. The molecule has 0 spiro atoms. The van der Waals surface area contributed by atoms with E-state index in [0.717, 1.165) is 37.0 Å². The molecular weight excluding hydrogens is 320 g/mol. The Kier molecular flexibility index (Phi) is 17.4. The summed E-state index contributed by atoms with van der Waals surface area (Å²) >= 11 is 0. The summed E-state index contributed by atoms with van der Waals surface area (Å²) in [7, 11) is 4.49. The molecule has 156 valence electrons. The van der Waals surface area contributed by atoms with E-state index >= 15 is 0 Å². The summed E-state index contributed by atoms with van der Waals surface area (Å²) in [6.07, 6.45) is 19.4. The van der Waals surface area contributed by atoms with Gasteiger partial charge in [-0.3, -0.25) is 4.79 Å². The number of hydrogen-bond acceptors (Lipinski definition) is 1. The van der Waals surface area contributed by atoms with E-state index in [4.69, 9.17) is 0 Å². The highest BCUT2D eigenvalue weighted by molar-refractivity contribution is 5.75. The molecule has 26 heavy (non-hydrogen) atoms. The molecular formula is C23H49N2O+. The average molecular weight is 370 g/mol. The molecule has 0 radical (unpaired) electrons. The van der Waals surface area contributed by atoms with E-state index in [1.54, 1.807) is 0 Å². The van der Waals surface area contributed by atoms with Crippen molar-refractivity contribution in [1.29, 1.82) is 0 Å². The van der Waals surface area contributed by atoms with Crippen LogP contribution in [0.15, 0.2) is 0 Å². The van der Waals surface area contributed by atoms with E-state index in [0.29, 0.717) is 6.42 Å². The standard InChI is InChI=1S/C23H48N2O/c1-5-7-8-9-10-11-12-13-14-15-16-17-18-20-23(26)24-21-19-22-25(3,4)6-2/h5-22H2,1-4H3/p+1. The maximum Gasteiger partial charge on any atom is 0.219 e. The molecule has 1 amide bonds. The van der Waals surface area contributed by atoms with Crippen molar-refractivity contribution in [3.05, 3.63) is 0 Å². The molecule has 0 fully saturated rings. The highest BCUT2D eigenvalue weighted by Crippen LogP contribution is 2.12. The van der Waals surface area contributed by atoms with Crippen molar-refractivity contribution in [3.63, 3.8) is 0 Å². The molecule has 3 heteroatoms. The van der Waals surface area contributed by atoms with E-state index in [-0.39, 0.29) is 5.91 Å². The third kappa shape index (κ3) is 18.2. The number of rotatable bonds is 19. The predicted molar refractivity (Wildman–Crippen MR) is 115 cm³/mol. The van der Waals surface area contributed by atoms with Gasteiger partial charge in [0.25, 0.3) is 0 Å². The predicted octanol–water partition coefficient (Wildman–Crippen LogP) is 6.07. The Labute approximate surface area is 164 Å². The van der Waals surface area contributed by atoms with Crippen LogP contribution in [0.5, 0.6) is 0 Å². The summed E-state index contributed by atoms with van der Waals surface area (Å²) in [4.78, 5) is 11.8. The summed E-state index contributed by atoms with van der Waals surface area (Å²) in [5, 5.41) is 3.07. The van der Waals surface area contributed by atoms with Crippen molar-refractivity contribution >= 4 is 5.91 Å². The van der Waals surface area contributed by atoms with Crippen LogP contribution in [0.2, 0.25) is 0 Å². The van der Waals surface area contributed by atoms with E-state index in [1.807, 2.05) is 0 Å². The minimum atomic E-state index is 0.245. The van der Waals surface area contributed by atoms with Gasteiger partial charge in [0.2, 0.25) is 5.91 Å². The fourth-order valence-corrected chi connectivity index (χ4v) is 3.28. The first-order valence-corrected chi connectivity index (χ1v) is 11.6. The lowest BCUT2D eigenvalue weighted by Gasteiger charge is -2.28. The molecule has 0 aromatic heterocycles. The van der Waals surface area contributed by atoms with Crippen LogP contribution in [0.25, 0.3) is 0 Å². The molecule has 0 atom stereocenters. The van der Waals surface area contributed by atoms with Crippen LogP contribution in [0, 0.1) is 0 Å². The minimum absolute atomic E-state index is 0.245. The van der Waals surface area contributed by atoms with Gasteiger partial charge >= 0.3 is 0 Å². The van der Waals surface area contributed by atoms with Crippen molar-refractivity contribution in [2.45, 2.75) is 110 Å². The Morgan fingerprint density at radius 3 is 1.62 bits per heavy atom. The molecule has 0 unspecified atom stereocenters. The lowest BCUT2D eigenvalue weighted by Crippen LogP contribution is -2.41. The quantitative estimate of drug-likeness (QED) is 0.217. The van der Waals surface area contributed by atoms with Gasteiger partial charge < -0.3 is 9.80 Å². The lowest BCUT2D eigenvalue weighted by atomic mass is 10.0. The van der Waals surface area contributed by atoms with Gasteiger partial charge in [-0.05, 0) is 13.3 Å². The van der Waals surface area contributed by atoms with Gasteiger partial charge in [-0.1, -0.05) is 84.0 Å². The lowest BCUT2D eigenvalue weighted by molar-refractivity contribution is -0.888. The molecule has 0 aromatic carbocycles. The normalized spacial score (nSPS) is 11.7. The summed E-state index contributed by atoms with van der Waals surface area (Å²) in [6.45, 7) is 7.61. The Balaban J connectivity index is 3.23. The number of hydrogen-bond donors (Lipinski definition) is 1. The number of carbonyl (C=O) groups is 1. The maximum atomic E-state index is 11.8. The van der Waals surface area contributed by atoms with E-state index in [1.165, 1.54) is 77.0 Å². The first kappa shape index (κ1) is 25.4. The third-order valence-electron chi connectivity index (χ3n) is 5.63. The number of amides is 1. The molecule has 3 nitrogen and oxygen atoms in total. The Morgan fingerprint density at radius 1 is 0.692 bits per heavy atom. The van der Waals surface area contributed by atoms with Crippen molar-refractivity contribution in [1.82, 2.24) is 5.32 Å². The summed E-state index contributed by atoms with van der Waals surface area (Å²) in [5.41, 5.74) is 0. The highest BCUT2D eigenvalue weighted by Gasteiger charge is 2.10. The number of unbranched alkanes of at least 4 members (excludes halogenated alkanes) is 12. The second-order valence-electron chi connectivity index (χ2n) is 8.67. The topological polar surface area (TPSA) is 29.1 Å². The van der Waals surface area contributed by atoms with E-state index in [2.05, 4.69) is 33.3 Å². The second-order valence-corrected chi connectivity index (χ2v) is 8.67. The Hall–Kier alpha value is -0.570. The second kappa shape index (κ2) is 17.8. The summed E-state index contributed by atoms with van der Waals surface area (Å²) in [6, 6.07) is 0. The SMILES string of the molecule is CCCCCCCCCCCCCCCC(=O)NCCC[N+](C)(C)CC. The highest BCUT2D eigenvalue weighted by atomic mass is 16.1. The van der Waals surface area contributed by atoms with Crippen molar-refractivity contribution in [3.8, 4) is 0 Å². The van der Waals surface area contributed by atoms with Crippen LogP contribution in [-0.4, -0.2) is 44.1 Å². The van der Waals surface area contributed by atoms with Crippen LogP contribution in [-0.2, 0) is 4.79 Å². The smallest absolute Gasteiger partial charge is 0.219 e. The molecule has 0 heterocycles. The third-order valence-corrected chi connectivity index (χ3v) is 5.63. The first-order valence-electron chi connectivity index (χ1n) is 11.6. The number of nitrogens with zero attached hydrogens (tertiary/aromatic N) is 1. The minimum Gasteiger partial charge on any atom is -0.356 e. The average Bonchev–Trinajstić information content (AvgIpc) is 2.62. The number of nitrogens with one attached hydrogen (secondary N) is 1. The van der Waals surface area contributed by atoms with Crippen molar-refractivity contribution < 1.29 is 9.28 Å². The fourth-order valence-electron chi connectivity index (χ4n) is 3.28. The van der Waals surface area contributed by atoms with Gasteiger partial charge in [0, 0.05) is 19.4 Å². The molecule has 0 saturated heterocycles. The zero-order valence-electron chi connectivity index (χ0n) is 18.6. The van der Waals surface area contributed by atoms with Crippen molar-refractivity contribution in [2.75, 3.05) is 33.7 Å². The molecule has 0 aliphatic carbocycles. The van der Waals surface area contributed by atoms with E-state index in [9.17, 15) is 4.79 Å². The maximum absolute atomic E-state index is 11.8. The summed E-state index contributed by atoms with van der Waals surface area (Å²) in [5.74, 6) is 0.245. The Bertz CT molecular complexity index is 315. The van der Waals surface area contributed by atoms with Gasteiger partial charge in [-0.15, -0.1) is 0 Å². The Morgan fingerprint density at radius 2 is 1.15 bits per heavy atom. The van der Waals surface area contributed by atoms with Crippen LogP contribution >= 0.6 is 0 Å². The molecule has 0 bridgehead atoms. The van der Waals surface area contributed by atoms with Crippen molar-refractivity contribution in [2.24, 2.45) is 0 Å². The molecule has 0 aromatic rings. The first-order chi connectivity index (χ1) is 12.5. The molecule has 0 saturated carbocycles. The van der Waals surface area contributed by atoms with Gasteiger partial charge in [-0.25, -0.2) is 0 Å². The van der Waals surface area contributed by atoms with Crippen LogP contribution in [0.3, 0.4) is 0 Å². The van der Waals surface area contributed by atoms with Crippen LogP contribution < -0.4 is 5.32 Å². The molecule has 1 N–H and O–H groups in total. The molecule has 0 rings (SSSR count). The van der Waals surface area contributed by atoms with Gasteiger partial charge in [0.05, 0.1) is 27.2 Å². The van der Waals surface area contributed by atoms with Gasteiger partial charge in [0.15, 0.2) is 0 Å². The molecule has 0 aliphatic rings. The zero-order chi connectivity index (χ0) is 19.5. The fraction of sp³-hybridized carbons (Fsp3) is 0.957. The number of carbonyl (C=O) groups excluding carboxylic acids is 1. The van der Waals surface area contributed by atoms with Gasteiger partial charge in [-0.2, -0.15) is 0 Å². The number of quaternary nitrogens is 1. The van der Waals surface area contributed by atoms with E-state index < -0.39 is 0 Å². The monoisotopic (exact) mass is 369 g/mol.